The Kier molecular flexibility index (Phi) is 15.1. The van der Waals surface area contributed by atoms with E-state index in [0.29, 0.717) is 0 Å². The van der Waals surface area contributed by atoms with Gasteiger partial charge in [0.25, 0.3) is 0 Å². The number of hydrogen-bond acceptors (Lipinski definition) is 4. The Hall–Kier alpha value is -15.9. The molecule has 0 N–H and O–H groups in total. The highest BCUT2D eigenvalue weighted by Crippen LogP contribution is 2.53. The number of para-hydroxylation sites is 4. The lowest BCUT2D eigenvalue weighted by molar-refractivity contribution is 0.672. The molecular weight excluding hydrogens is 1460 g/mol. The quantitative estimate of drug-likeness (QED) is 0.142. The van der Waals surface area contributed by atoms with Crippen LogP contribution in [0, 0.1) is 0 Å². The first-order valence-electron chi connectivity index (χ1n) is 41.2. The molecule has 4 nitrogen and oxygen atoms in total. The smallest absolute Gasteiger partial charge is 0.143 e. The maximum Gasteiger partial charge on any atom is 0.143 e. The summed E-state index contributed by atoms with van der Waals surface area (Å²) in [6.45, 7) is 0. The van der Waals surface area contributed by atoms with Crippen molar-refractivity contribution in [2.75, 3.05) is 0 Å². The van der Waals surface area contributed by atoms with Crippen LogP contribution in [0.5, 0.6) is 0 Å². The van der Waals surface area contributed by atoms with Crippen molar-refractivity contribution < 1.29 is 17.7 Å². The highest BCUT2D eigenvalue weighted by atomic mass is 16.3. The molecule has 0 unspecified atom stereocenters. The van der Waals surface area contributed by atoms with E-state index >= 15 is 0 Å². The summed E-state index contributed by atoms with van der Waals surface area (Å²) in [7, 11) is 0. The van der Waals surface area contributed by atoms with Gasteiger partial charge in [-0.2, -0.15) is 0 Å². The summed E-state index contributed by atoms with van der Waals surface area (Å²) in [5.41, 5.74) is 26.3. The normalized spacial score (nSPS) is 12.0. The molecule has 0 spiro atoms. The van der Waals surface area contributed by atoms with E-state index in [2.05, 4.69) is 400 Å². The lowest BCUT2D eigenvalue weighted by atomic mass is 9.83. The number of rotatable bonds is 8. The van der Waals surface area contributed by atoms with Crippen LogP contribution in [0.15, 0.2) is 430 Å². The number of fused-ring (bicyclic) bond motifs is 24. The van der Waals surface area contributed by atoms with Gasteiger partial charge in [0, 0.05) is 64.6 Å². The third-order valence-electron chi connectivity index (χ3n) is 25.3. The molecule has 0 atom stereocenters. The van der Waals surface area contributed by atoms with E-state index in [1.54, 1.807) is 0 Å². The molecule has 0 fully saturated rings. The average Bonchev–Trinajstić information content (AvgIpc) is 1.23. The van der Waals surface area contributed by atoms with Crippen molar-refractivity contribution in [3.8, 4) is 89.0 Å². The number of benzene rings is 22. The molecule has 0 aliphatic heterocycles. The minimum Gasteiger partial charge on any atom is -0.455 e. The summed E-state index contributed by atoms with van der Waals surface area (Å²) in [4.78, 5) is 0. The Labute approximate surface area is 688 Å². The van der Waals surface area contributed by atoms with Crippen LogP contribution in [0.4, 0.5) is 0 Å². The fourth-order valence-electron chi connectivity index (χ4n) is 20.1. The number of furan rings is 4. The predicted molar refractivity (Wildman–Crippen MR) is 506 cm³/mol. The van der Waals surface area contributed by atoms with Crippen molar-refractivity contribution in [1.29, 1.82) is 0 Å². The van der Waals surface area contributed by atoms with Gasteiger partial charge in [-0.15, -0.1) is 0 Å². The van der Waals surface area contributed by atoms with Gasteiger partial charge >= 0.3 is 0 Å². The topological polar surface area (TPSA) is 52.6 Å². The van der Waals surface area contributed by atoms with Gasteiger partial charge in [0.05, 0.1) is 0 Å². The molecule has 26 rings (SSSR count). The van der Waals surface area contributed by atoms with Crippen molar-refractivity contribution in [3.05, 3.63) is 413 Å². The van der Waals surface area contributed by atoms with E-state index in [-0.39, 0.29) is 0 Å². The van der Waals surface area contributed by atoms with Crippen LogP contribution >= 0.6 is 0 Å². The van der Waals surface area contributed by atoms with E-state index < -0.39 is 0 Å². The molecule has 4 aromatic heterocycles. The van der Waals surface area contributed by atoms with Crippen LogP contribution in [0.3, 0.4) is 0 Å². The van der Waals surface area contributed by atoms with E-state index in [1.165, 1.54) is 132 Å². The summed E-state index contributed by atoms with van der Waals surface area (Å²) in [6.07, 6.45) is 0. The lowest BCUT2D eigenvalue weighted by Crippen LogP contribution is -1.93. The second kappa shape index (κ2) is 26.9. The molecule has 0 radical (unpaired) electrons. The Morgan fingerprint density at radius 1 is 0.125 bits per heavy atom. The molecule has 0 aliphatic carbocycles. The van der Waals surface area contributed by atoms with Crippen LogP contribution in [0.25, 0.3) is 263 Å². The average molecular weight is 1530 g/mol. The first-order chi connectivity index (χ1) is 59.6. The van der Waals surface area contributed by atoms with Crippen molar-refractivity contribution in [2.45, 2.75) is 0 Å². The molecule has 26 aromatic rings. The van der Waals surface area contributed by atoms with Gasteiger partial charge in [-0.05, 0) is 214 Å². The van der Waals surface area contributed by atoms with Gasteiger partial charge in [0.15, 0.2) is 0 Å². The first-order valence-corrected chi connectivity index (χ1v) is 41.2. The van der Waals surface area contributed by atoms with Gasteiger partial charge in [-0.1, -0.05) is 352 Å². The summed E-state index contributed by atoms with van der Waals surface area (Å²) < 4.78 is 26.6. The third kappa shape index (κ3) is 10.3. The van der Waals surface area contributed by atoms with Gasteiger partial charge in [0.1, 0.15) is 44.7 Å². The van der Waals surface area contributed by atoms with Crippen molar-refractivity contribution >= 4 is 174 Å². The highest BCUT2D eigenvalue weighted by molar-refractivity contribution is 6.30. The molecule has 4 heterocycles. The van der Waals surface area contributed by atoms with Gasteiger partial charge in [0.2, 0.25) is 0 Å². The fourth-order valence-corrected chi connectivity index (χ4v) is 20.1. The molecule has 0 bridgehead atoms. The molecule has 120 heavy (non-hydrogen) atoms. The molecule has 0 amide bonds. The van der Waals surface area contributed by atoms with E-state index in [0.717, 1.165) is 131 Å². The highest BCUT2D eigenvalue weighted by Gasteiger charge is 2.27. The Morgan fingerprint density at radius 3 is 0.758 bits per heavy atom. The summed E-state index contributed by atoms with van der Waals surface area (Å²) in [5.74, 6) is 0. The molecule has 0 aliphatic rings. The number of hydrogen-bond donors (Lipinski definition) is 0. The van der Waals surface area contributed by atoms with Crippen molar-refractivity contribution in [2.24, 2.45) is 0 Å². The minimum atomic E-state index is 0.892. The second-order valence-electron chi connectivity index (χ2n) is 31.7. The zero-order valence-electron chi connectivity index (χ0n) is 64.9. The van der Waals surface area contributed by atoms with Gasteiger partial charge < -0.3 is 17.7 Å². The Morgan fingerprint density at radius 2 is 0.375 bits per heavy atom. The summed E-state index contributed by atoms with van der Waals surface area (Å²) in [5, 5.41) is 27.8. The largest absolute Gasteiger partial charge is 0.455 e. The lowest BCUT2D eigenvalue weighted by Gasteiger charge is -2.20. The van der Waals surface area contributed by atoms with Crippen molar-refractivity contribution in [1.82, 2.24) is 0 Å². The van der Waals surface area contributed by atoms with Crippen LogP contribution in [-0.2, 0) is 0 Å². The molecule has 556 valence electrons. The molecule has 22 aromatic carbocycles. The van der Waals surface area contributed by atoms with E-state index in [9.17, 15) is 0 Å². The molecule has 4 heteroatoms. The summed E-state index contributed by atoms with van der Waals surface area (Å²) in [6, 6.07) is 149. The minimum absolute atomic E-state index is 0.892. The van der Waals surface area contributed by atoms with Crippen LogP contribution in [0.2, 0.25) is 0 Å². The SMILES string of the molecule is c1ccc(-c2ccccc2-c2c3cccc(-c4cc5ccccc5c5oc6ccccc6c45)c3cc3c(-c4cc5ccccc5c5oc6ccccc6c45)cccc23)cc1.c1ccc(-c2ccccc2-c2c3cccc(-c4cccc5c4ccc4c6ccccc6oc54)c3cc3c(-c4cccc5c4ccc4c6ccccc6oc54)cccc23)cc1. The Bertz CT molecular complexity index is 8370. The maximum absolute atomic E-state index is 6.74. The third-order valence-corrected chi connectivity index (χ3v) is 25.3. The second-order valence-corrected chi connectivity index (χ2v) is 31.7. The van der Waals surface area contributed by atoms with Crippen LogP contribution in [-0.4, -0.2) is 0 Å². The van der Waals surface area contributed by atoms with Gasteiger partial charge in [-0.25, -0.2) is 0 Å². The maximum atomic E-state index is 6.74. The monoisotopic (exact) mass is 1520 g/mol. The van der Waals surface area contributed by atoms with E-state index in [4.69, 9.17) is 17.7 Å². The standard InChI is InChI=1S/2C58H34O2/c1-2-16-35(17-3-1)38-20-8-9-23-43(38)54-44-28-14-26-41(50-32-36-18-4-6-21-39(36)57-55(50)46-24-10-12-30-52(46)59-57)48(44)34-49-42(27-15-29-45(49)54)51-33-37-19-5-7-22-40(37)58-56(51)47-25-11-13-31-53(47)60-58;1-2-14-35(15-3-1)36-16-4-5-19-45(36)56-46-24-10-22-39(37-20-12-26-48-41(37)30-32-50-43-17-6-8-28-54(43)59-57(48)50)52(46)34-53-40(23-11-25-47(53)56)38-21-13-27-49-42(38)31-33-51-44-18-7-9-29-55(44)60-58(49)51/h2*1-34H. The first kappa shape index (κ1) is 67.5. The zero-order chi connectivity index (χ0) is 78.6. The van der Waals surface area contributed by atoms with Gasteiger partial charge in [-0.3, -0.25) is 0 Å². The molecule has 0 saturated carbocycles. The fraction of sp³-hybridized carbons (Fsp3) is 0. The van der Waals surface area contributed by atoms with Crippen molar-refractivity contribution in [3.63, 3.8) is 0 Å². The Balaban J connectivity index is 0.000000133. The van der Waals surface area contributed by atoms with Crippen LogP contribution in [0.1, 0.15) is 0 Å². The molecule has 0 saturated heterocycles. The molecular formula is C116H68O4. The van der Waals surface area contributed by atoms with E-state index in [1.807, 2.05) is 12.1 Å². The summed E-state index contributed by atoms with van der Waals surface area (Å²) >= 11 is 0. The van der Waals surface area contributed by atoms with Crippen LogP contribution < -0.4 is 0 Å². The zero-order valence-corrected chi connectivity index (χ0v) is 64.9. The predicted octanol–water partition coefficient (Wildman–Crippen LogP) is 33.5.